The summed E-state index contributed by atoms with van der Waals surface area (Å²) in [6.45, 7) is 0.0643. The highest BCUT2D eigenvalue weighted by molar-refractivity contribution is 7.16. The third-order valence-electron chi connectivity index (χ3n) is 3.73. The summed E-state index contributed by atoms with van der Waals surface area (Å²) in [4.78, 5) is 53.1. The first-order chi connectivity index (χ1) is 12.9. The molecule has 1 aromatic carbocycles. The number of thiophene rings is 1. The van der Waals surface area contributed by atoms with Crippen molar-refractivity contribution in [2.75, 3.05) is 7.11 Å². The Bertz CT molecular complexity index is 1100. The number of nitrogens with one attached hydrogen (secondary N) is 2. The molecule has 1 amide bonds. The van der Waals surface area contributed by atoms with Gasteiger partial charge in [0.15, 0.2) is 0 Å². The molecule has 3 N–H and O–H groups in total. The molecule has 9 nitrogen and oxygen atoms in total. The molecule has 0 spiro atoms. The highest BCUT2D eigenvalue weighted by Crippen LogP contribution is 2.21. The summed E-state index contributed by atoms with van der Waals surface area (Å²) >= 11 is 1.12. The Kier molecular flexibility index (Phi) is 4.99. The van der Waals surface area contributed by atoms with Crippen LogP contribution in [0.4, 0.5) is 0 Å². The predicted molar refractivity (Wildman–Crippen MR) is 96.2 cm³/mol. The van der Waals surface area contributed by atoms with E-state index < -0.39 is 29.2 Å². The van der Waals surface area contributed by atoms with Crippen molar-refractivity contribution in [2.45, 2.75) is 6.54 Å². The number of H-pyrrole nitrogens is 1. The molecule has 0 aliphatic carbocycles. The van der Waals surface area contributed by atoms with Crippen LogP contribution in [0.2, 0.25) is 0 Å². The van der Waals surface area contributed by atoms with Gasteiger partial charge in [0.2, 0.25) is 5.82 Å². The number of amides is 1. The van der Waals surface area contributed by atoms with Gasteiger partial charge >= 0.3 is 11.9 Å². The van der Waals surface area contributed by atoms with Crippen molar-refractivity contribution in [3.63, 3.8) is 0 Å². The van der Waals surface area contributed by atoms with Crippen molar-refractivity contribution in [1.29, 1.82) is 0 Å². The number of fused-ring (bicyclic) bond motifs is 1. The maximum atomic E-state index is 12.3. The van der Waals surface area contributed by atoms with E-state index in [-0.39, 0.29) is 16.8 Å². The lowest BCUT2D eigenvalue weighted by Crippen LogP contribution is -2.23. The largest absolute Gasteiger partial charge is 0.475 e. The van der Waals surface area contributed by atoms with Crippen LogP contribution in [0.1, 0.15) is 36.9 Å². The monoisotopic (exact) mass is 387 g/mol. The van der Waals surface area contributed by atoms with Gasteiger partial charge in [-0.1, -0.05) is 0 Å². The molecule has 0 unspecified atom stereocenters. The van der Waals surface area contributed by atoms with E-state index in [0.717, 1.165) is 11.3 Å². The number of hydrogen-bond acceptors (Lipinski definition) is 7. The van der Waals surface area contributed by atoms with Crippen LogP contribution in [-0.4, -0.2) is 40.0 Å². The average Bonchev–Trinajstić information content (AvgIpc) is 3.09. The number of methoxy groups -OCH3 is 1. The fourth-order valence-corrected chi connectivity index (χ4v) is 3.33. The lowest BCUT2D eigenvalue weighted by Gasteiger charge is -2.05. The van der Waals surface area contributed by atoms with Gasteiger partial charge in [-0.25, -0.2) is 14.6 Å². The summed E-state index contributed by atoms with van der Waals surface area (Å²) in [6.07, 6.45) is 0. The lowest BCUT2D eigenvalue weighted by molar-refractivity contribution is 0.0599. The van der Waals surface area contributed by atoms with E-state index in [2.05, 4.69) is 20.0 Å². The Hall–Kier alpha value is -3.53. The Morgan fingerprint density at radius 3 is 2.52 bits per heavy atom. The van der Waals surface area contributed by atoms with Crippen molar-refractivity contribution < 1.29 is 24.2 Å². The van der Waals surface area contributed by atoms with Crippen LogP contribution in [0.15, 0.2) is 34.4 Å². The number of aromatic carboxylic acids is 1. The number of aromatic amines is 1. The standard InChI is InChI=1S/C17H13N3O6S/c1-26-17(25)9-4-2-8(3-5-9)13(21)18-6-10-7-27-15-11(10)14(22)19-12(20-15)16(23)24/h2-5,7H,6H2,1H3,(H,18,21)(H,23,24)(H,19,20,22). The second kappa shape index (κ2) is 7.38. The van der Waals surface area contributed by atoms with Crippen LogP contribution in [-0.2, 0) is 11.3 Å². The van der Waals surface area contributed by atoms with Crippen molar-refractivity contribution in [3.8, 4) is 0 Å². The third kappa shape index (κ3) is 3.70. The average molecular weight is 387 g/mol. The quantitative estimate of drug-likeness (QED) is 0.562. The minimum Gasteiger partial charge on any atom is -0.475 e. The molecule has 0 aliphatic rings. The maximum absolute atomic E-state index is 12.3. The molecule has 10 heteroatoms. The molecule has 0 fully saturated rings. The van der Waals surface area contributed by atoms with Crippen LogP contribution >= 0.6 is 11.3 Å². The molecular weight excluding hydrogens is 374 g/mol. The molecule has 0 atom stereocenters. The van der Waals surface area contributed by atoms with Gasteiger partial charge in [0.1, 0.15) is 4.83 Å². The van der Waals surface area contributed by atoms with Crippen LogP contribution < -0.4 is 10.9 Å². The fourth-order valence-electron chi connectivity index (χ4n) is 2.39. The predicted octanol–water partition coefficient (Wildman–Crippen LogP) is 1.40. The lowest BCUT2D eigenvalue weighted by atomic mass is 10.1. The van der Waals surface area contributed by atoms with E-state index in [1.165, 1.54) is 31.4 Å². The van der Waals surface area contributed by atoms with Crippen LogP contribution in [0.5, 0.6) is 0 Å². The van der Waals surface area contributed by atoms with E-state index in [4.69, 9.17) is 5.11 Å². The highest BCUT2D eigenvalue weighted by atomic mass is 32.1. The number of nitrogens with zero attached hydrogens (tertiary/aromatic N) is 1. The van der Waals surface area contributed by atoms with Gasteiger partial charge in [-0.15, -0.1) is 11.3 Å². The second-order valence-electron chi connectivity index (χ2n) is 5.41. The fraction of sp³-hybridized carbons (Fsp3) is 0.118. The van der Waals surface area contributed by atoms with Gasteiger partial charge < -0.3 is 20.1 Å². The SMILES string of the molecule is COC(=O)c1ccc(C(=O)NCc2csc3nc(C(=O)O)[nH]c(=O)c23)cc1. The van der Waals surface area contributed by atoms with Gasteiger partial charge in [-0.2, -0.15) is 0 Å². The number of carbonyl (C=O) groups excluding carboxylic acids is 2. The number of hydrogen-bond donors (Lipinski definition) is 3. The van der Waals surface area contributed by atoms with Crippen molar-refractivity contribution >= 4 is 39.4 Å². The Balaban J connectivity index is 1.76. The number of carboxylic acids is 1. The molecule has 27 heavy (non-hydrogen) atoms. The number of ether oxygens (including phenoxy) is 1. The van der Waals surface area contributed by atoms with Crippen molar-refractivity contribution in [2.24, 2.45) is 0 Å². The van der Waals surface area contributed by atoms with Gasteiger partial charge in [0.05, 0.1) is 18.1 Å². The third-order valence-corrected chi connectivity index (χ3v) is 4.65. The topological polar surface area (TPSA) is 138 Å². The number of esters is 1. The number of carboxylic acid groups (broad SMARTS) is 1. The zero-order chi connectivity index (χ0) is 19.6. The van der Waals surface area contributed by atoms with Crippen molar-refractivity contribution in [1.82, 2.24) is 15.3 Å². The van der Waals surface area contributed by atoms with Gasteiger partial charge in [-0.05, 0) is 35.2 Å². The Morgan fingerprint density at radius 2 is 1.89 bits per heavy atom. The molecule has 0 saturated carbocycles. The molecule has 3 rings (SSSR count). The number of rotatable bonds is 5. The normalized spacial score (nSPS) is 10.6. The van der Waals surface area contributed by atoms with E-state index in [0.29, 0.717) is 16.7 Å². The summed E-state index contributed by atoms with van der Waals surface area (Å²) in [5.41, 5.74) is 0.609. The van der Waals surface area contributed by atoms with E-state index in [9.17, 15) is 19.2 Å². The Labute approximate surface area is 155 Å². The second-order valence-corrected chi connectivity index (χ2v) is 6.27. The molecule has 0 bridgehead atoms. The van der Waals surface area contributed by atoms with Gasteiger partial charge in [-0.3, -0.25) is 9.59 Å². The maximum Gasteiger partial charge on any atom is 0.372 e. The summed E-state index contributed by atoms with van der Waals surface area (Å²) in [6, 6.07) is 5.92. The highest BCUT2D eigenvalue weighted by Gasteiger charge is 2.15. The first-order valence-electron chi connectivity index (χ1n) is 7.61. The van der Waals surface area contributed by atoms with E-state index in [1.54, 1.807) is 5.38 Å². The molecule has 2 heterocycles. The molecule has 3 aromatic rings. The molecule has 0 radical (unpaired) electrons. The van der Waals surface area contributed by atoms with Crippen molar-refractivity contribution in [3.05, 3.63) is 62.5 Å². The van der Waals surface area contributed by atoms with Crippen LogP contribution in [0, 0.1) is 0 Å². The van der Waals surface area contributed by atoms with E-state index >= 15 is 0 Å². The number of aromatic nitrogens is 2. The first kappa shape index (κ1) is 18.3. The summed E-state index contributed by atoms with van der Waals surface area (Å²) in [7, 11) is 1.27. The van der Waals surface area contributed by atoms with Crippen LogP contribution in [0.25, 0.3) is 10.2 Å². The zero-order valence-electron chi connectivity index (χ0n) is 13.9. The van der Waals surface area contributed by atoms with Gasteiger partial charge in [0.25, 0.3) is 11.5 Å². The summed E-state index contributed by atoms with van der Waals surface area (Å²) in [5.74, 6) is -2.65. The summed E-state index contributed by atoms with van der Waals surface area (Å²) < 4.78 is 4.59. The molecule has 2 aromatic heterocycles. The van der Waals surface area contributed by atoms with Crippen LogP contribution in [0.3, 0.4) is 0 Å². The smallest absolute Gasteiger partial charge is 0.372 e. The Morgan fingerprint density at radius 1 is 1.22 bits per heavy atom. The molecule has 0 aliphatic heterocycles. The van der Waals surface area contributed by atoms with E-state index in [1.807, 2.05) is 0 Å². The minimum atomic E-state index is -1.33. The number of benzene rings is 1. The first-order valence-corrected chi connectivity index (χ1v) is 8.49. The van der Waals surface area contributed by atoms with Gasteiger partial charge in [0, 0.05) is 12.1 Å². The summed E-state index contributed by atoms with van der Waals surface area (Å²) in [5, 5.41) is 13.5. The minimum absolute atomic E-state index is 0.0643. The number of carbonyl (C=O) groups is 3. The molecule has 138 valence electrons. The molecular formula is C17H13N3O6S. The molecule has 0 saturated heterocycles. The zero-order valence-corrected chi connectivity index (χ0v) is 14.8.